The number of benzene rings is 1. The van der Waals surface area contributed by atoms with Crippen molar-refractivity contribution in [1.82, 2.24) is 10.2 Å². The fourth-order valence-corrected chi connectivity index (χ4v) is 2.63. The minimum atomic E-state index is 0.190. The lowest BCUT2D eigenvalue weighted by atomic mass is 10.2. The van der Waals surface area contributed by atoms with E-state index in [-0.39, 0.29) is 6.61 Å². The molecule has 0 amide bonds. The molecular weight excluding hydrogens is 332 g/mol. The lowest BCUT2D eigenvalue weighted by Crippen LogP contribution is -2.39. The molecule has 0 spiro atoms. The molecule has 1 saturated heterocycles. The first kappa shape index (κ1) is 19.9. The number of nitrogens with one attached hydrogen (secondary N) is 1. The second-order valence-corrected chi connectivity index (χ2v) is 5.91. The Morgan fingerprint density at radius 3 is 2.92 bits per heavy atom. The Kier molecular flexibility index (Phi) is 8.60. The van der Waals surface area contributed by atoms with Crippen LogP contribution in [0.2, 0.25) is 0 Å². The van der Waals surface area contributed by atoms with Crippen LogP contribution in [0.25, 0.3) is 0 Å². The molecule has 1 aromatic carbocycles. The summed E-state index contributed by atoms with van der Waals surface area (Å²) in [5.41, 5.74) is 6.91. The largest absolute Gasteiger partial charge is 0.493 e. The SMILES string of the molecule is C#CCOc1cc(CN=C(N)NCCCN2CCOCC2)ccc1OC. The number of nitrogens with two attached hydrogens (primary N) is 1. The van der Waals surface area contributed by atoms with Crippen LogP contribution in [-0.4, -0.2) is 64.0 Å². The molecule has 1 aliphatic rings. The van der Waals surface area contributed by atoms with Gasteiger partial charge in [-0.05, 0) is 30.7 Å². The third-order valence-corrected chi connectivity index (χ3v) is 4.03. The van der Waals surface area contributed by atoms with Gasteiger partial charge in [-0.15, -0.1) is 6.42 Å². The maximum atomic E-state index is 5.94. The Hall–Kier alpha value is -2.43. The number of terminal acetylenes is 1. The van der Waals surface area contributed by atoms with E-state index in [9.17, 15) is 0 Å². The monoisotopic (exact) mass is 360 g/mol. The van der Waals surface area contributed by atoms with Crippen LogP contribution >= 0.6 is 0 Å². The maximum absolute atomic E-state index is 5.94. The lowest BCUT2D eigenvalue weighted by molar-refractivity contribution is 0.0376. The van der Waals surface area contributed by atoms with Crippen LogP contribution in [-0.2, 0) is 11.3 Å². The summed E-state index contributed by atoms with van der Waals surface area (Å²) < 4.78 is 16.1. The van der Waals surface area contributed by atoms with Crippen molar-refractivity contribution < 1.29 is 14.2 Å². The maximum Gasteiger partial charge on any atom is 0.188 e. The molecular formula is C19H28N4O3. The van der Waals surface area contributed by atoms with Crippen LogP contribution in [0.15, 0.2) is 23.2 Å². The Morgan fingerprint density at radius 2 is 2.19 bits per heavy atom. The smallest absolute Gasteiger partial charge is 0.188 e. The number of rotatable bonds is 9. The minimum Gasteiger partial charge on any atom is -0.493 e. The van der Waals surface area contributed by atoms with Gasteiger partial charge in [-0.25, -0.2) is 4.99 Å². The highest BCUT2D eigenvalue weighted by atomic mass is 16.5. The van der Waals surface area contributed by atoms with Crippen molar-refractivity contribution in [2.45, 2.75) is 13.0 Å². The highest BCUT2D eigenvalue weighted by Gasteiger charge is 2.09. The molecule has 0 radical (unpaired) electrons. The number of guanidine groups is 1. The van der Waals surface area contributed by atoms with Gasteiger partial charge in [-0.3, -0.25) is 4.90 Å². The molecule has 0 aliphatic carbocycles. The van der Waals surface area contributed by atoms with Gasteiger partial charge in [0.05, 0.1) is 26.9 Å². The molecule has 7 nitrogen and oxygen atoms in total. The quantitative estimate of drug-likeness (QED) is 0.294. The zero-order valence-electron chi connectivity index (χ0n) is 15.4. The second kappa shape index (κ2) is 11.2. The summed E-state index contributed by atoms with van der Waals surface area (Å²) in [4.78, 5) is 6.77. The lowest BCUT2D eigenvalue weighted by Gasteiger charge is -2.26. The zero-order valence-corrected chi connectivity index (χ0v) is 15.4. The number of hydrogen-bond acceptors (Lipinski definition) is 5. The Morgan fingerprint density at radius 1 is 1.38 bits per heavy atom. The van der Waals surface area contributed by atoms with Crippen LogP contribution in [0, 0.1) is 12.3 Å². The number of ether oxygens (including phenoxy) is 3. The van der Waals surface area contributed by atoms with Gasteiger partial charge in [0.1, 0.15) is 6.61 Å². The molecule has 0 unspecified atom stereocenters. The van der Waals surface area contributed by atoms with Crippen molar-refractivity contribution in [3.05, 3.63) is 23.8 Å². The number of aliphatic imine (C=N–C) groups is 1. The molecule has 3 N–H and O–H groups in total. The highest BCUT2D eigenvalue weighted by Crippen LogP contribution is 2.28. The van der Waals surface area contributed by atoms with E-state index < -0.39 is 0 Å². The normalized spacial score (nSPS) is 15.3. The number of methoxy groups -OCH3 is 1. The predicted molar refractivity (Wildman–Crippen MR) is 103 cm³/mol. The van der Waals surface area contributed by atoms with Gasteiger partial charge < -0.3 is 25.3 Å². The number of morpholine rings is 1. The standard InChI is InChI=1S/C19H28N4O3/c1-3-11-26-18-14-16(5-6-17(18)24-2)15-22-19(20)21-7-4-8-23-9-12-25-13-10-23/h1,5-6,14H,4,7-13,15H2,2H3,(H3,20,21,22). The van der Waals surface area contributed by atoms with Crippen LogP contribution < -0.4 is 20.5 Å². The Bertz CT molecular complexity index is 622. The van der Waals surface area contributed by atoms with E-state index >= 15 is 0 Å². The van der Waals surface area contributed by atoms with Crippen molar-refractivity contribution in [3.8, 4) is 23.8 Å². The van der Waals surface area contributed by atoms with Gasteiger partial charge in [0.2, 0.25) is 0 Å². The average Bonchev–Trinajstić information content (AvgIpc) is 2.69. The second-order valence-electron chi connectivity index (χ2n) is 5.91. The molecule has 2 rings (SSSR count). The summed E-state index contributed by atoms with van der Waals surface area (Å²) in [7, 11) is 1.59. The molecule has 0 atom stereocenters. The first-order valence-electron chi connectivity index (χ1n) is 8.80. The van der Waals surface area contributed by atoms with E-state index in [1.807, 2.05) is 18.2 Å². The molecule has 0 saturated carbocycles. The molecule has 142 valence electrons. The van der Waals surface area contributed by atoms with Crippen molar-refractivity contribution in [1.29, 1.82) is 0 Å². The molecule has 1 aromatic rings. The van der Waals surface area contributed by atoms with Crippen molar-refractivity contribution >= 4 is 5.96 Å². The summed E-state index contributed by atoms with van der Waals surface area (Å²) in [5, 5.41) is 3.15. The van der Waals surface area contributed by atoms with E-state index in [1.54, 1.807) is 7.11 Å². The first-order chi connectivity index (χ1) is 12.7. The summed E-state index contributed by atoms with van der Waals surface area (Å²) in [6.07, 6.45) is 6.25. The van der Waals surface area contributed by atoms with Gasteiger partial charge in [0, 0.05) is 19.6 Å². The number of nitrogens with zero attached hydrogens (tertiary/aromatic N) is 2. The van der Waals surface area contributed by atoms with Crippen molar-refractivity contribution in [2.24, 2.45) is 10.7 Å². The molecule has 0 aromatic heterocycles. The molecule has 1 fully saturated rings. The summed E-state index contributed by atoms with van der Waals surface area (Å²) in [6, 6.07) is 5.63. The molecule has 0 bridgehead atoms. The highest BCUT2D eigenvalue weighted by molar-refractivity contribution is 5.77. The van der Waals surface area contributed by atoms with Crippen molar-refractivity contribution in [2.75, 3.05) is 53.1 Å². The van der Waals surface area contributed by atoms with Crippen LogP contribution in [0.1, 0.15) is 12.0 Å². The van der Waals surface area contributed by atoms with Gasteiger partial charge in [0.25, 0.3) is 0 Å². The summed E-state index contributed by atoms with van der Waals surface area (Å²) in [5.74, 6) is 4.13. The molecule has 7 heteroatoms. The molecule has 1 aliphatic heterocycles. The van der Waals surface area contributed by atoms with Crippen molar-refractivity contribution in [3.63, 3.8) is 0 Å². The van der Waals surface area contributed by atoms with Crippen LogP contribution in [0.4, 0.5) is 0 Å². The van der Waals surface area contributed by atoms with Crippen LogP contribution in [0.5, 0.6) is 11.5 Å². The fourth-order valence-electron chi connectivity index (χ4n) is 2.63. The van der Waals surface area contributed by atoms with Gasteiger partial charge in [0.15, 0.2) is 17.5 Å². The van der Waals surface area contributed by atoms with E-state index in [2.05, 4.69) is 21.1 Å². The minimum absolute atomic E-state index is 0.190. The fraction of sp³-hybridized carbons (Fsp3) is 0.526. The first-order valence-corrected chi connectivity index (χ1v) is 8.80. The third-order valence-electron chi connectivity index (χ3n) is 4.03. The van der Waals surface area contributed by atoms with E-state index in [4.69, 9.17) is 26.4 Å². The Labute approximate surface area is 155 Å². The molecule has 1 heterocycles. The zero-order chi connectivity index (χ0) is 18.6. The summed E-state index contributed by atoms with van der Waals surface area (Å²) in [6.45, 7) is 6.15. The van der Waals surface area contributed by atoms with Crippen LogP contribution in [0.3, 0.4) is 0 Å². The van der Waals surface area contributed by atoms with Gasteiger partial charge in [-0.2, -0.15) is 0 Å². The average molecular weight is 360 g/mol. The van der Waals surface area contributed by atoms with E-state index in [0.717, 1.165) is 51.4 Å². The van der Waals surface area contributed by atoms with Gasteiger partial charge in [-0.1, -0.05) is 12.0 Å². The molecule has 26 heavy (non-hydrogen) atoms. The summed E-state index contributed by atoms with van der Waals surface area (Å²) >= 11 is 0. The number of hydrogen-bond donors (Lipinski definition) is 2. The topological polar surface area (TPSA) is 81.3 Å². The van der Waals surface area contributed by atoms with E-state index in [0.29, 0.717) is 24.0 Å². The van der Waals surface area contributed by atoms with E-state index in [1.165, 1.54) is 0 Å². The van der Waals surface area contributed by atoms with Gasteiger partial charge >= 0.3 is 0 Å². The Balaban J connectivity index is 1.75. The third kappa shape index (κ3) is 6.82. The predicted octanol–water partition coefficient (Wildman–Crippen LogP) is 0.834.